The van der Waals surface area contributed by atoms with Gasteiger partial charge in [0.15, 0.2) is 11.8 Å². The van der Waals surface area contributed by atoms with E-state index in [1.807, 2.05) is 13.8 Å². The van der Waals surface area contributed by atoms with Crippen LogP contribution in [0.2, 0.25) is 0 Å². The highest BCUT2D eigenvalue weighted by Gasteiger charge is 2.34. The maximum absolute atomic E-state index is 10.4. The van der Waals surface area contributed by atoms with E-state index in [2.05, 4.69) is 0 Å². The Balaban J connectivity index is 4.34. The molecule has 4 nitrogen and oxygen atoms in total. The van der Waals surface area contributed by atoms with Crippen LogP contribution in [0, 0.1) is 5.92 Å². The number of aliphatic carboxylic acids is 1. The van der Waals surface area contributed by atoms with Crippen LogP contribution < -0.4 is 5.73 Å². The first-order valence-electron chi connectivity index (χ1n) is 3.41. The third-order valence-corrected chi connectivity index (χ3v) is 1.35. The van der Waals surface area contributed by atoms with Crippen molar-refractivity contribution < 1.29 is 14.7 Å². The minimum absolute atomic E-state index is 0.0984. The number of hydrogen-bond acceptors (Lipinski definition) is 3. The summed E-state index contributed by atoms with van der Waals surface area (Å²) in [6, 6.07) is 0. The average Bonchev–Trinajstić information content (AvgIpc) is 1.86. The van der Waals surface area contributed by atoms with Crippen LogP contribution in [-0.4, -0.2) is 22.9 Å². The third-order valence-electron chi connectivity index (χ3n) is 1.35. The van der Waals surface area contributed by atoms with E-state index in [1.165, 1.54) is 0 Å². The molecule has 0 aliphatic rings. The molecule has 0 aliphatic heterocycles. The van der Waals surface area contributed by atoms with E-state index < -0.39 is 11.5 Å². The lowest BCUT2D eigenvalue weighted by molar-refractivity contribution is -0.145. The highest BCUT2D eigenvalue weighted by Crippen LogP contribution is 2.11. The summed E-state index contributed by atoms with van der Waals surface area (Å²) in [6.07, 6.45) is 0.459. The minimum atomic E-state index is -1.70. The van der Waals surface area contributed by atoms with Gasteiger partial charge in [-0.15, -0.1) is 0 Å². The number of carboxylic acids is 1. The van der Waals surface area contributed by atoms with Crippen LogP contribution in [0.15, 0.2) is 0 Å². The standard InChI is InChI=1S/C7H13NO3/c1-5(2)3-7(8,4-9)6(10)11/h4-5H,3,8H2,1-2H3,(H,10,11). The topological polar surface area (TPSA) is 80.4 Å². The summed E-state index contributed by atoms with van der Waals surface area (Å²) >= 11 is 0. The van der Waals surface area contributed by atoms with Gasteiger partial charge in [-0.05, 0) is 12.3 Å². The van der Waals surface area contributed by atoms with E-state index in [4.69, 9.17) is 10.8 Å². The van der Waals surface area contributed by atoms with Gasteiger partial charge >= 0.3 is 5.97 Å². The lowest BCUT2D eigenvalue weighted by atomic mass is 9.91. The van der Waals surface area contributed by atoms with Crippen LogP contribution in [-0.2, 0) is 9.59 Å². The first-order valence-corrected chi connectivity index (χ1v) is 3.41. The average molecular weight is 159 g/mol. The van der Waals surface area contributed by atoms with Gasteiger partial charge in [-0.1, -0.05) is 13.8 Å². The van der Waals surface area contributed by atoms with E-state index in [-0.39, 0.29) is 18.6 Å². The fourth-order valence-corrected chi connectivity index (χ4v) is 0.861. The highest BCUT2D eigenvalue weighted by atomic mass is 16.4. The summed E-state index contributed by atoms with van der Waals surface area (Å²) in [5.74, 6) is -1.16. The number of aldehydes is 1. The molecule has 0 radical (unpaired) electrons. The summed E-state index contributed by atoms with van der Waals surface area (Å²) < 4.78 is 0. The Morgan fingerprint density at radius 2 is 2.18 bits per heavy atom. The van der Waals surface area contributed by atoms with Crippen molar-refractivity contribution in [2.45, 2.75) is 25.8 Å². The summed E-state index contributed by atoms with van der Waals surface area (Å²) in [5, 5.41) is 8.53. The Labute approximate surface area is 65.4 Å². The van der Waals surface area contributed by atoms with Gasteiger partial charge in [0.05, 0.1) is 0 Å². The van der Waals surface area contributed by atoms with Crippen LogP contribution in [0.1, 0.15) is 20.3 Å². The number of carbonyl (C=O) groups excluding carboxylic acids is 1. The first-order chi connectivity index (χ1) is 4.92. The number of hydrogen-bond donors (Lipinski definition) is 2. The van der Waals surface area contributed by atoms with Crippen molar-refractivity contribution in [2.75, 3.05) is 0 Å². The molecule has 0 rings (SSSR count). The number of carbonyl (C=O) groups is 2. The molecule has 0 aliphatic carbocycles. The number of rotatable bonds is 4. The molecule has 3 N–H and O–H groups in total. The van der Waals surface area contributed by atoms with E-state index in [0.717, 1.165) is 0 Å². The zero-order chi connectivity index (χ0) is 9.07. The Hall–Kier alpha value is -0.900. The zero-order valence-corrected chi connectivity index (χ0v) is 6.70. The lowest BCUT2D eigenvalue weighted by Crippen LogP contribution is -2.50. The number of carboxylic acid groups (broad SMARTS) is 1. The zero-order valence-electron chi connectivity index (χ0n) is 6.70. The fourth-order valence-electron chi connectivity index (χ4n) is 0.861. The molecule has 0 aromatic carbocycles. The Kier molecular flexibility index (Phi) is 3.19. The quantitative estimate of drug-likeness (QED) is 0.447. The molecule has 0 bridgehead atoms. The molecule has 0 saturated carbocycles. The second-order valence-electron chi connectivity index (χ2n) is 3.06. The lowest BCUT2D eigenvalue weighted by Gasteiger charge is -2.19. The second-order valence-corrected chi connectivity index (χ2v) is 3.06. The monoisotopic (exact) mass is 159 g/mol. The van der Waals surface area contributed by atoms with Crippen molar-refractivity contribution in [1.82, 2.24) is 0 Å². The SMILES string of the molecule is CC(C)CC(N)(C=O)C(=O)O. The van der Waals surface area contributed by atoms with E-state index in [1.54, 1.807) is 0 Å². The molecule has 0 spiro atoms. The fraction of sp³-hybridized carbons (Fsp3) is 0.714. The molecular weight excluding hydrogens is 146 g/mol. The molecule has 11 heavy (non-hydrogen) atoms. The highest BCUT2D eigenvalue weighted by molar-refractivity contribution is 5.96. The molecule has 0 aromatic heterocycles. The van der Waals surface area contributed by atoms with Gasteiger partial charge in [0.1, 0.15) is 0 Å². The maximum Gasteiger partial charge on any atom is 0.331 e. The first kappa shape index (κ1) is 10.1. The Morgan fingerprint density at radius 1 is 1.73 bits per heavy atom. The molecule has 64 valence electrons. The molecule has 0 fully saturated rings. The van der Waals surface area contributed by atoms with Gasteiger partial charge in [0.25, 0.3) is 0 Å². The van der Waals surface area contributed by atoms with Crippen LogP contribution >= 0.6 is 0 Å². The van der Waals surface area contributed by atoms with Gasteiger partial charge in [-0.3, -0.25) is 0 Å². The van der Waals surface area contributed by atoms with Crippen LogP contribution in [0.25, 0.3) is 0 Å². The Morgan fingerprint density at radius 3 is 2.27 bits per heavy atom. The number of nitrogens with two attached hydrogens (primary N) is 1. The van der Waals surface area contributed by atoms with Crippen LogP contribution in [0.4, 0.5) is 0 Å². The van der Waals surface area contributed by atoms with Crippen molar-refractivity contribution in [1.29, 1.82) is 0 Å². The van der Waals surface area contributed by atoms with Crippen LogP contribution in [0.3, 0.4) is 0 Å². The molecule has 1 unspecified atom stereocenters. The third kappa shape index (κ3) is 2.67. The van der Waals surface area contributed by atoms with E-state index >= 15 is 0 Å². The van der Waals surface area contributed by atoms with Crippen molar-refractivity contribution in [3.05, 3.63) is 0 Å². The van der Waals surface area contributed by atoms with Crippen LogP contribution in [0.5, 0.6) is 0 Å². The van der Waals surface area contributed by atoms with Gasteiger partial charge in [-0.25, -0.2) is 4.79 Å². The summed E-state index contributed by atoms with van der Waals surface area (Å²) in [7, 11) is 0. The van der Waals surface area contributed by atoms with Crippen molar-refractivity contribution in [3.8, 4) is 0 Å². The largest absolute Gasteiger partial charge is 0.480 e. The normalized spacial score (nSPS) is 16.0. The van der Waals surface area contributed by atoms with Gasteiger partial charge < -0.3 is 15.6 Å². The Bertz CT molecular complexity index is 167. The van der Waals surface area contributed by atoms with Crippen molar-refractivity contribution in [2.24, 2.45) is 11.7 Å². The second kappa shape index (κ2) is 3.48. The summed E-state index contributed by atoms with van der Waals surface area (Å²) in [5.41, 5.74) is 3.57. The predicted octanol–water partition coefficient (Wildman–Crippen LogP) is 0.0135. The molecule has 0 amide bonds. The molecule has 0 heterocycles. The minimum Gasteiger partial charge on any atom is -0.480 e. The maximum atomic E-state index is 10.4. The van der Waals surface area contributed by atoms with Crippen molar-refractivity contribution in [3.63, 3.8) is 0 Å². The molecule has 0 aromatic rings. The molecular formula is C7H13NO3. The molecule has 4 heteroatoms. The smallest absolute Gasteiger partial charge is 0.331 e. The molecule has 0 saturated heterocycles. The summed E-state index contributed by atoms with van der Waals surface area (Å²) in [4.78, 5) is 20.7. The summed E-state index contributed by atoms with van der Waals surface area (Å²) in [6.45, 7) is 3.63. The van der Waals surface area contributed by atoms with Gasteiger partial charge in [-0.2, -0.15) is 0 Å². The predicted molar refractivity (Wildman–Crippen MR) is 40.1 cm³/mol. The van der Waals surface area contributed by atoms with Gasteiger partial charge in [0.2, 0.25) is 0 Å². The molecule has 1 atom stereocenters. The van der Waals surface area contributed by atoms with Gasteiger partial charge in [0, 0.05) is 0 Å². The van der Waals surface area contributed by atoms with Crippen molar-refractivity contribution >= 4 is 12.3 Å². The van der Waals surface area contributed by atoms with E-state index in [9.17, 15) is 9.59 Å². The van der Waals surface area contributed by atoms with E-state index in [0.29, 0.717) is 0 Å².